The number of hydrogen-bond donors (Lipinski definition) is 3. The molecule has 0 bridgehead atoms. The Morgan fingerprint density at radius 1 is 1.15 bits per heavy atom. The van der Waals surface area contributed by atoms with Crippen molar-refractivity contribution >= 4 is 15.9 Å². The van der Waals surface area contributed by atoms with E-state index in [0.717, 1.165) is 9.87 Å². The second-order valence-electron chi connectivity index (χ2n) is 11.1. The molecule has 1 spiro atoms. The third-order valence-corrected chi connectivity index (χ3v) is 10.4. The Hall–Kier alpha value is -3.52. The fourth-order valence-corrected chi connectivity index (χ4v) is 7.86. The molecule has 3 aromatic rings. The molecule has 218 valence electrons. The van der Waals surface area contributed by atoms with E-state index in [2.05, 4.69) is 20.3 Å². The molecule has 0 aliphatic carbocycles. The van der Waals surface area contributed by atoms with Gasteiger partial charge in [0.05, 0.1) is 12.7 Å². The van der Waals surface area contributed by atoms with Gasteiger partial charge in [0.25, 0.3) is 0 Å². The summed E-state index contributed by atoms with van der Waals surface area (Å²) in [6.45, 7) is 1.96. The summed E-state index contributed by atoms with van der Waals surface area (Å²) in [5.74, 6) is 0.582. The van der Waals surface area contributed by atoms with Gasteiger partial charge in [0.2, 0.25) is 15.9 Å². The molecular weight excluding hydrogens is 548 g/mol. The number of likely N-dealkylation sites (tertiary alicyclic amines) is 1. The van der Waals surface area contributed by atoms with Gasteiger partial charge < -0.3 is 20.3 Å². The van der Waals surface area contributed by atoms with Crippen LogP contribution in [0, 0.1) is 0 Å². The second kappa shape index (κ2) is 10.7. The van der Waals surface area contributed by atoms with Crippen LogP contribution in [0.4, 0.5) is 0 Å². The first kappa shape index (κ1) is 27.6. The first-order valence-corrected chi connectivity index (χ1v) is 15.2. The largest absolute Gasteiger partial charge is 0.508 e. The number of nitrogens with zero attached hydrogens (tertiary/aromatic N) is 5. The summed E-state index contributed by atoms with van der Waals surface area (Å²) in [5, 5.41) is 28.0. The van der Waals surface area contributed by atoms with Crippen LogP contribution in [0.3, 0.4) is 0 Å². The Balaban J connectivity index is 1.31. The molecule has 2 saturated heterocycles. The number of piperidine rings is 1. The number of rotatable bonds is 3. The number of aryl methyl sites for hydroxylation is 1. The summed E-state index contributed by atoms with van der Waals surface area (Å²) in [6, 6.07) is 11.0. The number of aromatic hydroxyl groups is 1. The lowest BCUT2D eigenvalue weighted by atomic mass is 9.84. The van der Waals surface area contributed by atoms with Gasteiger partial charge in [-0.2, -0.15) is 9.40 Å². The SMILES string of the molecule is Cn1ncnc1-c1ccc2c(c1)OCCC1(CCN(Cc3ccccc3O)CC1)NC(=O)[C@@H]1C[C@@H](O)CN1S2(=O)=O. The molecular formula is C28H34N6O6S. The van der Waals surface area contributed by atoms with Crippen molar-refractivity contribution in [3.05, 3.63) is 54.4 Å². The minimum absolute atomic E-state index is 0.0216. The average molecular weight is 583 g/mol. The Kier molecular flexibility index (Phi) is 7.22. The van der Waals surface area contributed by atoms with Crippen molar-refractivity contribution in [1.29, 1.82) is 0 Å². The molecule has 41 heavy (non-hydrogen) atoms. The fraction of sp³-hybridized carbons (Fsp3) is 0.464. The van der Waals surface area contributed by atoms with Gasteiger partial charge in [-0.25, -0.2) is 18.1 Å². The summed E-state index contributed by atoms with van der Waals surface area (Å²) < 4.78 is 36.7. The quantitative estimate of drug-likeness (QED) is 0.415. The molecule has 2 atom stereocenters. The molecule has 0 saturated carbocycles. The van der Waals surface area contributed by atoms with Crippen molar-refractivity contribution in [2.75, 3.05) is 26.2 Å². The Bertz CT molecular complexity index is 1550. The van der Waals surface area contributed by atoms with E-state index in [-0.39, 0.29) is 36.0 Å². The second-order valence-corrected chi connectivity index (χ2v) is 13.0. The van der Waals surface area contributed by atoms with Crippen LogP contribution in [0.25, 0.3) is 11.4 Å². The van der Waals surface area contributed by atoms with Crippen LogP contribution in [0.1, 0.15) is 31.2 Å². The third kappa shape index (κ3) is 5.30. The van der Waals surface area contributed by atoms with E-state index in [9.17, 15) is 23.4 Å². The van der Waals surface area contributed by atoms with Crippen molar-refractivity contribution in [2.24, 2.45) is 7.05 Å². The summed E-state index contributed by atoms with van der Waals surface area (Å²) >= 11 is 0. The van der Waals surface area contributed by atoms with Crippen LogP contribution in [0.15, 0.2) is 53.7 Å². The molecule has 0 radical (unpaired) electrons. The topological polar surface area (TPSA) is 150 Å². The standard InChI is InChI=1S/C28H34N6O6S/c1-32-26(29-18-30-32)19-6-7-25-24(14-19)40-13-10-28(31-27(37)22-15-21(35)17-34(22)41(25,38)39)8-11-33(12-9-28)16-20-4-2-3-5-23(20)36/h2-7,14,18,21-22,35-36H,8-13,15-17H2,1H3,(H,31,37)/t21-,22+/m1/s1. The van der Waals surface area contributed by atoms with Crippen molar-refractivity contribution in [2.45, 2.75) is 54.8 Å². The molecule has 3 aliphatic heterocycles. The van der Waals surface area contributed by atoms with Crippen LogP contribution < -0.4 is 10.1 Å². The zero-order valence-corrected chi connectivity index (χ0v) is 23.6. The van der Waals surface area contributed by atoms with E-state index in [1.165, 1.54) is 12.4 Å². The number of benzene rings is 2. The van der Waals surface area contributed by atoms with Gasteiger partial charge in [0.1, 0.15) is 28.8 Å². The first-order chi connectivity index (χ1) is 19.6. The average Bonchev–Trinajstić information content (AvgIpc) is 3.56. The number of ether oxygens (including phenoxy) is 1. The van der Waals surface area contributed by atoms with Crippen LogP contribution >= 0.6 is 0 Å². The molecule has 0 unspecified atom stereocenters. The van der Waals surface area contributed by atoms with Crippen LogP contribution in [-0.2, 0) is 28.4 Å². The number of aliphatic hydroxyl groups excluding tert-OH is 1. The minimum Gasteiger partial charge on any atom is -0.508 e. The number of aromatic nitrogens is 3. The van der Waals surface area contributed by atoms with E-state index in [1.54, 1.807) is 36.0 Å². The highest BCUT2D eigenvalue weighted by atomic mass is 32.2. The van der Waals surface area contributed by atoms with Gasteiger partial charge in [0.15, 0.2) is 5.82 Å². The number of carbonyl (C=O) groups excluding carboxylic acids is 1. The number of hydrogen-bond acceptors (Lipinski definition) is 9. The molecule has 1 aromatic heterocycles. The lowest BCUT2D eigenvalue weighted by molar-refractivity contribution is -0.127. The monoisotopic (exact) mass is 582 g/mol. The Morgan fingerprint density at radius 3 is 2.66 bits per heavy atom. The lowest BCUT2D eigenvalue weighted by Gasteiger charge is -2.43. The molecule has 1 amide bonds. The maximum absolute atomic E-state index is 13.9. The number of carbonyl (C=O) groups is 1. The van der Waals surface area contributed by atoms with Gasteiger partial charge in [-0.05, 0) is 37.1 Å². The van der Waals surface area contributed by atoms with Crippen LogP contribution in [0.5, 0.6) is 11.5 Å². The summed E-state index contributed by atoms with van der Waals surface area (Å²) in [4.78, 5) is 20.1. The fourth-order valence-electron chi connectivity index (χ4n) is 6.11. The number of fused-ring (bicyclic) bond motifs is 2. The van der Waals surface area contributed by atoms with Gasteiger partial charge in [-0.15, -0.1) is 0 Å². The number of phenolic OH excluding ortho intramolecular Hbond substituents is 1. The molecule has 6 rings (SSSR count). The molecule has 12 nitrogen and oxygen atoms in total. The van der Waals surface area contributed by atoms with E-state index in [1.807, 2.05) is 12.1 Å². The molecule has 13 heteroatoms. The third-order valence-electron chi connectivity index (χ3n) is 8.46. The van der Waals surface area contributed by atoms with Crippen LogP contribution in [-0.4, -0.2) is 92.4 Å². The summed E-state index contributed by atoms with van der Waals surface area (Å²) in [6.07, 6.45) is 2.22. The van der Waals surface area contributed by atoms with E-state index >= 15 is 0 Å². The van der Waals surface area contributed by atoms with E-state index in [0.29, 0.717) is 50.3 Å². The predicted octanol–water partition coefficient (Wildman–Crippen LogP) is 1.25. The number of amides is 1. The maximum atomic E-state index is 13.9. The Labute approximate surface area is 238 Å². The van der Waals surface area contributed by atoms with Crippen molar-refractivity contribution < 1.29 is 28.2 Å². The number of aliphatic hydroxyl groups is 1. The van der Waals surface area contributed by atoms with Crippen LogP contribution in [0.2, 0.25) is 0 Å². The van der Waals surface area contributed by atoms with Crippen molar-refractivity contribution in [3.63, 3.8) is 0 Å². The normalized spacial score (nSPS) is 24.6. The van der Waals surface area contributed by atoms with Gasteiger partial charge >= 0.3 is 0 Å². The Morgan fingerprint density at radius 2 is 1.93 bits per heavy atom. The molecule has 2 fully saturated rings. The zero-order valence-electron chi connectivity index (χ0n) is 22.8. The summed E-state index contributed by atoms with van der Waals surface area (Å²) in [7, 11) is -2.42. The van der Waals surface area contributed by atoms with E-state index < -0.39 is 33.6 Å². The molecule has 3 aliphatic rings. The molecule has 2 aromatic carbocycles. The molecule has 4 heterocycles. The summed E-state index contributed by atoms with van der Waals surface area (Å²) in [5.41, 5.74) is 0.878. The zero-order chi connectivity index (χ0) is 28.8. The number of phenols is 1. The minimum atomic E-state index is -4.17. The highest BCUT2D eigenvalue weighted by Crippen LogP contribution is 2.37. The predicted molar refractivity (Wildman–Crippen MR) is 148 cm³/mol. The number of sulfonamides is 1. The number of nitrogens with one attached hydrogen (secondary N) is 1. The van der Waals surface area contributed by atoms with Crippen molar-refractivity contribution in [3.8, 4) is 22.9 Å². The lowest BCUT2D eigenvalue weighted by Crippen LogP contribution is -2.59. The first-order valence-electron chi connectivity index (χ1n) is 13.8. The smallest absolute Gasteiger partial charge is 0.247 e. The number of para-hydroxylation sites is 1. The van der Waals surface area contributed by atoms with Gasteiger partial charge in [0, 0.05) is 62.7 Å². The highest BCUT2D eigenvalue weighted by molar-refractivity contribution is 7.89. The highest BCUT2D eigenvalue weighted by Gasteiger charge is 2.47. The molecule has 3 N–H and O–H groups in total. The van der Waals surface area contributed by atoms with E-state index in [4.69, 9.17) is 4.74 Å². The van der Waals surface area contributed by atoms with Crippen molar-refractivity contribution in [1.82, 2.24) is 29.3 Å². The maximum Gasteiger partial charge on any atom is 0.247 e. The van der Waals surface area contributed by atoms with Gasteiger partial charge in [-0.3, -0.25) is 9.69 Å². The van der Waals surface area contributed by atoms with Gasteiger partial charge in [-0.1, -0.05) is 18.2 Å².